The highest BCUT2D eigenvalue weighted by Crippen LogP contribution is 2.27. The van der Waals surface area contributed by atoms with Crippen LogP contribution in [-0.2, 0) is 11.3 Å². The summed E-state index contributed by atoms with van der Waals surface area (Å²) in [5, 5.41) is 0. The lowest BCUT2D eigenvalue weighted by atomic mass is 10.2. The Bertz CT molecular complexity index is 824. The first-order valence-corrected chi connectivity index (χ1v) is 8.78. The van der Waals surface area contributed by atoms with E-state index in [0.717, 1.165) is 5.82 Å². The predicted molar refractivity (Wildman–Crippen MR) is 93.3 cm³/mol. The van der Waals surface area contributed by atoms with Gasteiger partial charge in [0.05, 0.1) is 18.3 Å². The zero-order valence-electron chi connectivity index (χ0n) is 14.3. The standard InChI is InChI=1S/C18H21F2N5O/c19-12-3-6-23(10-12)11-17-22-5-8-24(17)13-1-2-16(14(20)9-13)25-7-4-15(21)18(25)26/h1-2,5,8-9,12,15H,3-4,6-7,10-11,21H2. The zero-order valence-corrected chi connectivity index (χ0v) is 14.3. The number of carbonyl (C=O) groups excluding carboxylic acids is 1. The first-order valence-electron chi connectivity index (χ1n) is 8.78. The summed E-state index contributed by atoms with van der Waals surface area (Å²) in [7, 11) is 0. The van der Waals surface area contributed by atoms with Gasteiger partial charge in [0.1, 0.15) is 17.8 Å². The van der Waals surface area contributed by atoms with Crippen LogP contribution in [0.5, 0.6) is 0 Å². The van der Waals surface area contributed by atoms with E-state index in [1.807, 2.05) is 4.90 Å². The number of halogens is 2. The maximum atomic E-state index is 14.7. The Morgan fingerprint density at radius 1 is 1.27 bits per heavy atom. The van der Waals surface area contributed by atoms with Crippen LogP contribution in [0.4, 0.5) is 14.5 Å². The van der Waals surface area contributed by atoms with Crippen LogP contribution in [0.2, 0.25) is 0 Å². The maximum absolute atomic E-state index is 14.7. The third-order valence-corrected chi connectivity index (χ3v) is 5.04. The molecule has 2 unspecified atom stereocenters. The number of alkyl halides is 1. The van der Waals surface area contributed by atoms with Gasteiger partial charge in [0.25, 0.3) is 0 Å². The van der Waals surface area contributed by atoms with E-state index < -0.39 is 18.0 Å². The SMILES string of the molecule is NC1CCN(c2ccc(-n3ccnc3CN3CCC(F)C3)cc2F)C1=O. The first kappa shape index (κ1) is 17.1. The molecular weight excluding hydrogens is 340 g/mol. The van der Waals surface area contributed by atoms with Gasteiger partial charge in [0.15, 0.2) is 0 Å². The minimum absolute atomic E-state index is 0.244. The number of rotatable bonds is 4. The Balaban J connectivity index is 1.57. The van der Waals surface area contributed by atoms with Crippen LogP contribution in [0.15, 0.2) is 30.6 Å². The summed E-state index contributed by atoms with van der Waals surface area (Å²) in [6, 6.07) is 4.18. The van der Waals surface area contributed by atoms with Gasteiger partial charge in [-0.15, -0.1) is 0 Å². The topological polar surface area (TPSA) is 67.4 Å². The molecule has 4 rings (SSSR count). The van der Waals surface area contributed by atoms with Crippen molar-refractivity contribution in [1.29, 1.82) is 0 Å². The summed E-state index contributed by atoms with van der Waals surface area (Å²) in [5.74, 6) is -0.00473. The van der Waals surface area contributed by atoms with Crippen molar-refractivity contribution in [1.82, 2.24) is 14.5 Å². The molecule has 1 amide bonds. The van der Waals surface area contributed by atoms with E-state index in [0.29, 0.717) is 44.7 Å². The highest BCUT2D eigenvalue weighted by atomic mass is 19.1. The molecule has 0 spiro atoms. The molecule has 26 heavy (non-hydrogen) atoms. The molecule has 0 bridgehead atoms. The Kier molecular flexibility index (Phi) is 4.46. The van der Waals surface area contributed by atoms with Gasteiger partial charge in [-0.2, -0.15) is 0 Å². The third-order valence-electron chi connectivity index (χ3n) is 5.04. The molecule has 2 aromatic rings. The van der Waals surface area contributed by atoms with Crippen molar-refractivity contribution >= 4 is 11.6 Å². The van der Waals surface area contributed by atoms with Gasteiger partial charge in [0.2, 0.25) is 5.91 Å². The van der Waals surface area contributed by atoms with E-state index in [1.54, 1.807) is 29.1 Å². The fraction of sp³-hybridized carbons (Fsp3) is 0.444. The Labute approximate surface area is 150 Å². The predicted octanol–water partition coefficient (Wildman–Crippen LogP) is 1.62. The highest BCUT2D eigenvalue weighted by Gasteiger charge is 2.31. The summed E-state index contributed by atoms with van der Waals surface area (Å²) in [6.07, 6.45) is 3.67. The number of nitrogens with zero attached hydrogens (tertiary/aromatic N) is 4. The van der Waals surface area contributed by atoms with Crippen LogP contribution in [0.25, 0.3) is 5.69 Å². The van der Waals surface area contributed by atoms with Gasteiger partial charge < -0.3 is 15.2 Å². The van der Waals surface area contributed by atoms with Crippen molar-refractivity contribution in [3.05, 3.63) is 42.2 Å². The lowest BCUT2D eigenvalue weighted by Gasteiger charge is -2.19. The van der Waals surface area contributed by atoms with Gasteiger partial charge in [0, 0.05) is 43.8 Å². The lowest BCUT2D eigenvalue weighted by Crippen LogP contribution is -2.34. The molecule has 1 aromatic heterocycles. The summed E-state index contributed by atoms with van der Waals surface area (Å²) in [6.45, 7) is 2.03. The van der Waals surface area contributed by atoms with Crippen molar-refractivity contribution in [3.63, 3.8) is 0 Å². The summed E-state index contributed by atoms with van der Waals surface area (Å²) >= 11 is 0. The van der Waals surface area contributed by atoms with Crippen LogP contribution in [0.3, 0.4) is 0 Å². The number of aromatic nitrogens is 2. The Morgan fingerprint density at radius 2 is 2.12 bits per heavy atom. The van der Waals surface area contributed by atoms with E-state index in [-0.39, 0.29) is 11.6 Å². The minimum Gasteiger partial charge on any atom is -0.320 e. The molecule has 0 aliphatic carbocycles. The Hall–Kier alpha value is -2.32. The van der Waals surface area contributed by atoms with Crippen molar-refractivity contribution in [3.8, 4) is 5.69 Å². The van der Waals surface area contributed by atoms with E-state index in [1.165, 1.54) is 11.0 Å². The number of benzene rings is 1. The lowest BCUT2D eigenvalue weighted by molar-refractivity contribution is -0.118. The van der Waals surface area contributed by atoms with Gasteiger partial charge in [-0.1, -0.05) is 0 Å². The molecule has 2 aliphatic heterocycles. The molecular formula is C18H21F2N5O. The number of carbonyl (C=O) groups is 1. The molecule has 2 saturated heterocycles. The van der Waals surface area contributed by atoms with Crippen LogP contribution >= 0.6 is 0 Å². The molecule has 1 aromatic carbocycles. The van der Waals surface area contributed by atoms with Crippen molar-refractivity contribution < 1.29 is 13.6 Å². The van der Waals surface area contributed by atoms with Crippen LogP contribution in [-0.4, -0.2) is 52.2 Å². The average Bonchev–Trinajstić information content (AvgIpc) is 3.32. The molecule has 2 aliphatic rings. The number of nitrogens with two attached hydrogens (primary N) is 1. The summed E-state index contributed by atoms with van der Waals surface area (Å²) < 4.78 is 29.8. The zero-order chi connectivity index (χ0) is 18.3. The third kappa shape index (κ3) is 3.10. The molecule has 6 nitrogen and oxygen atoms in total. The Morgan fingerprint density at radius 3 is 2.77 bits per heavy atom. The molecule has 138 valence electrons. The second-order valence-electron chi connectivity index (χ2n) is 6.86. The van der Waals surface area contributed by atoms with Crippen LogP contribution in [0, 0.1) is 5.82 Å². The molecule has 8 heteroatoms. The van der Waals surface area contributed by atoms with Crippen molar-refractivity contribution in [2.45, 2.75) is 31.6 Å². The maximum Gasteiger partial charge on any atom is 0.244 e. The van der Waals surface area contributed by atoms with Gasteiger partial charge in [-0.3, -0.25) is 9.69 Å². The quantitative estimate of drug-likeness (QED) is 0.899. The summed E-state index contributed by atoms with van der Waals surface area (Å²) in [5.41, 5.74) is 6.57. The average molecular weight is 361 g/mol. The van der Waals surface area contributed by atoms with Gasteiger partial charge in [-0.05, 0) is 25.0 Å². The smallest absolute Gasteiger partial charge is 0.244 e. The second-order valence-corrected chi connectivity index (χ2v) is 6.86. The molecule has 0 saturated carbocycles. The number of imidazole rings is 1. The number of hydrogen-bond donors (Lipinski definition) is 1. The van der Waals surface area contributed by atoms with Crippen molar-refractivity contribution in [2.24, 2.45) is 5.73 Å². The molecule has 2 N–H and O–H groups in total. The van der Waals surface area contributed by atoms with E-state index in [9.17, 15) is 13.6 Å². The fourth-order valence-corrected chi connectivity index (χ4v) is 3.62. The number of hydrogen-bond acceptors (Lipinski definition) is 4. The van der Waals surface area contributed by atoms with Crippen molar-refractivity contribution in [2.75, 3.05) is 24.5 Å². The second kappa shape index (κ2) is 6.77. The highest BCUT2D eigenvalue weighted by molar-refractivity contribution is 5.99. The molecule has 2 atom stereocenters. The van der Waals surface area contributed by atoms with Gasteiger partial charge in [-0.25, -0.2) is 13.8 Å². The van der Waals surface area contributed by atoms with Gasteiger partial charge >= 0.3 is 0 Å². The minimum atomic E-state index is -0.792. The fourth-order valence-electron chi connectivity index (χ4n) is 3.62. The van der Waals surface area contributed by atoms with E-state index in [2.05, 4.69) is 4.98 Å². The molecule has 2 fully saturated rings. The monoisotopic (exact) mass is 361 g/mol. The number of likely N-dealkylation sites (tertiary alicyclic amines) is 1. The van der Waals surface area contributed by atoms with Crippen LogP contribution < -0.4 is 10.6 Å². The molecule has 0 radical (unpaired) electrons. The van der Waals surface area contributed by atoms with E-state index in [4.69, 9.17) is 5.73 Å². The number of anilines is 1. The normalized spacial score (nSPS) is 24.0. The van der Waals surface area contributed by atoms with Crippen LogP contribution in [0.1, 0.15) is 18.7 Å². The molecule has 3 heterocycles. The largest absolute Gasteiger partial charge is 0.320 e. The number of amides is 1. The first-order chi connectivity index (χ1) is 12.5. The van der Waals surface area contributed by atoms with E-state index >= 15 is 0 Å². The summed E-state index contributed by atoms with van der Waals surface area (Å²) in [4.78, 5) is 19.7.